The molecule has 1 aliphatic rings. The number of carbonyl (C=O) groups is 1. The molecule has 25 heavy (non-hydrogen) atoms. The first-order valence-electron chi connectivity index (χ1n) is 8.45. The van der Waals surface area contributed by atoms with Crippen molar-refractivity contribution in [2.75, 3.05) is 31.1 Å². The van der Waals surface area contributed by atoms with Crippen LogP contribution in [0.5, 0.6) is 5.75 Å². The van der Waals surface area contributed by atoms with Crippen molar-refractivity contribution in [2.45, 2.75) is 6.92 Å². The Morgan fingerprint density at radius 3 is 2.40 bits per heavy atom. The van der Waals surface area contributed by atoms with Crippen molar-refractivity contribution in [2.24, 2.45) is 0 Å². The Bertz CT molecular complexity index is 924. The van der Waals surface area contributed by atoms with Crippen molar-refractivity contribution in [1.82, 2.24) is 4.90 Å². The average molecular weight is 336 g/mol. The maximum Gasteiger partial charge on any atom is 0.290 e. The van der Waals surface area contributed by atoms with Gasteiger partial charge in [-0.3, -0.25) is 4.79 Å². The third-order valence-corrected chi connectivity index (χ3v) is 4.83. The molecule has 1 N–H and O–H groups in total. The quantitative estimate of drug-likeness (QED) is 0.779. The molecule has 0 bridgehead atoms. The number of anilines is 1. The summed E-state index contributed by atoms with van der Waals surface area (Å²) in [5, 5.41) is 11.0. The summed E-state index contributed by atoms with van der Waals surface area (Å²) in [6, 6.07) is 15.0. The number of aryl methyl sites for hydroxylation is 1. The molecule has 4 rings (SSSR count). The highest BCUT2D eigenvalue weighted by atomic mass is 16.3. The first-order chi connectivity index (χ1) is 12.1. The van der Waals surface area contributed by atoms with Gasteiger partial charge in [-0.25, -0.2) is 0 Å². The third kappa shape index (κ3) is 2.71. The summed E-state index contributed by atoms with van der Waals surface area (Å²) in [5.41, 5.74) is 2.45. The van der Waals surface area contributed by atoms with Crippen molar-refractivity contribution < 1.29 is 14.3 Å². The second kappa shape index (κ2) is 6.16. The number of piperazine rings is 1. The van der Waals surface area contributed by atoms with E-state index in [0.29, 0.717) is 31.9 Å². The summed E-state index contributed by atoms with van der Waals surface area (Å²) in [4.78, 5) is 16.8. The van der Waals surface area contributed by atoms with Crippen molar-refractivity contribution in [1.29, 1.82) is 0 Å². The largest absolute Gasteiger partial charge is 0.506 e. The van der Waals surface area contributed by atoms with E-state index in [2.05, 4.69) is 4.90 Å². The van der Waals surface area contributed by atoms with Crippen LogP contribution in [0.15, 0.2) is 52.9 Å². The molecule has 1 amide bonds. The van der Waals surface area contributed by atoms with E-state index in [-0.39, 0.29) is 11.7 Å². The van der Waals surface area contributed by atoms with Crippen molar-refractivity contribution >= 4 is 22.6 Å². The smallest absolute Gasteiger partial charge is 0.290 e. The molecule has 1 aromatic heterocycles. The minimum Gasteiger partial charge on any atom is -0.506 e. The van der Waals surface area contributed by atoms with E-state index in [1.807, 2.05) is 54.3 Å². The molecule has 1 fully saturated rings. The molecular weight excluding hydrogens is 316 g/mol. The molecule has 1 aliphatic heterocycles. The number of phenolic OH excluding ortho intramolecular Hbond substituents is 1. The van der Waals surface area contributed by atoms with E-state index < -0.39 is 0 Å². The van der Waals surface area contributed by atoms with Crippen LogP contribution in [0.4, 0.5) is 5.69 Å². The normalized spacial score (nSPS) is 14.9. The molecule has 5 nitrogen and oxygen atoms in total. The van der Waals surface area contributed by atoms with Gasteiger partial charge in [-0.2, -0.15) is 0 Å². The molecule has 0 aliphatic carbocycles. The monoisotopic (exact) mass is 336 g/mol. The molecule has 2 heterocycles. The Kier molecular flexibility index (Phi) is 3.84. The second-order valence-electron chi connectivity index (χ2n) is 6.32. The Balaban J connectivity index is 1.51. The summed E-state index contributed by atoms with van der Waals surface area (Å²) in [6.45, 7) is 4.50. The van der Waals surface area contributed by atoms with Crippen LogP contribution in [0.3, 0.4) is 0 Å². The minimum atomic E-state index is -0.0642. The number of amides is 1. The highest BCUT2D eigenvalue weighted by Gasteiger charge is 2.27. The summed E-state index contributed by atoms with van der Waals surface area (Å²) in [6.07, 6.45) is 0. The fourth-order valence-electron chi connectivity index (χ4n) is 3.40. The number of phenols is 1. The molecule has 2 aromatic carbocycles. The predicted octanol–water partition coefficient (Wildman–Crippen LogP) is 3.41. The topological polar surface area (TPSA) is 56.9 Å². The van der Waals surface area contributed by atoms with Crippen LogP contribution < -0.4 is 4.90 Å². The zero-order chi connectivity index (χ0) is 17.4. The van der Waals surface area contributed by atoms with Gasteiger partial charge in [0.1, 0.15) is 11.3 Å². The Labute approximate surface area is 146 Å². The Hall–Kier alpha value is -2.95. The van der Waals surface area contributed by atoms with Gasteiger partial charge < -0.3 is 19.3 Å². The Morgan fingerprint density at radius 2 is 1.68 bits per heavy atom. The van der Waals surface area contributed by atoms with Gasteiger partial charge in [0.15, 0.2) is 5.76 Å². The first kappa shape index (κ1) is 15.6. The molecule has 0 saturated carbocycles. The number of nitrogens with zero attached hydrogens (tertiary/aromatic N) is 2. The number of benzene rings is 2. The summed E-state index contributed by atoms with van der Waals surface area (Å²) in [7, 11) is 0. The highest BCUT2D eigenvalue weighted by Crippen LogP contribution is 2.29. The number of hydrogen-bond donors (Lipinski definition) is 1. The first-order valence-corrected chi connectivity index (χ1v) is 8.45. The molecule has 0 radical (unpaired) electrons. The molecule has 0 spiro atoms. The van der Waals surface area contributed by atoms with Crippen LogP contribution in [-0.2, 0) is 0 Å². The molecule has 0 atom stereocenters. The average Bonchev–Trinajstić information content (AvgIpc) is 2.99. The van der Waals surface area contributed by atoms with Crippen LogP contribution in [0.1, 0.15) is 16.1 Å². The fraction of sp³-hybridized carbons (Fsp3) is 0.250. The van der Waals surface area contributed by atoms with Crippen LogP contribution in [-0.4, -0.2) is 42.1 Å². The van der Waals surface area contributed by atoms with E-state index in [1.165, 1.54) is 0 Å². The summed E-state index contributed by atoms with van der Waals surface area (Å²) < 4.78 is 5.80. The fourth-order valence-corrected chi connectivity index (χ4v) is 3.40. The SMILES string of the molecule is Cc1c(C(=O)N2CCN(c3ccccc3O)CC2)oc2ccccc12. The van der Waals surface area contributed by atoms with Gasteiger partial charge in [-0.05, 0) is 25.1 Å². The lowest BCUT2D eigenvalue weighted by atomic mass is 10.1. The molecule has 0 unspecified atom stereocenters. The van der Waals surface area contributed by atoms with E-state index in [1.54, 1.807) is 6.07 Å². The highest BCUT2D eigenvalue weighted by molar-refractivity contribution is 5.99. The van der Waals surface area contributed by atoms with Crippen LogP contribution in [0.2, 0.25) is 0 Å². The maximum absolute atomic E-state index is 12.9. The van der Waals surface area contributed by atoms with E-state index >= 15 is 0 Å². The molecule has 3 aromatic rings. The number of carbonyl (C=O) groups excluding carboxylic acids is 1. The predicted molar refractivity (Wildman–Crippen MR) is 97.2 cm³/mol. The van der Waals surface area contributed by atoms with Crippen molar-refractivity contribution in [3.63, 3.8) is 0 Å². The maximum atomic E-state index is 12.9. The number of fused-ring (bicyclic) bond motifs is 1. The lowest BCUT2D eigenvalue weighted by Gasteiger charge is -2.36. The second-order valence-corrected chi connectivity index (χ2v) is 6.32. The molecule has 128 valence electrons. The van der Waals surface area contributed by atoms with Gasteiger partial charge in [0, 0.05) is 37.1 Å². The third-order valence-electron chi connectivity index (χ3n) is 4.83. The number of para-hydroxylation sites is 3. The van der Waals surface area contributed by atoms with Crippen molar-refractivity contribution in [3.8, 4) is 5.75 Å². The number of hydrogen-bond acceptors (Lipinski definition) is 4. The molecule has 1 saturated heterocycles. The van der Waals surface area contributed by atoms with Gasteiger partial charge in [-0.15, -0.1) is 0 Å². The summed E-state index contributed by atoms with van der Waals surface area (Å²) in [5.74, 6) is 0.637. The standard InChI is InChI=1S/C20H20N2O3/c1-14-15-6-2-5-9-18(15)25-19(14)20(24)22-12-10-21(11-13-22)16-7-3-4-8-17(16)23/h2-9,23H,10-13H2,1H3. The number of furan rings is 1. The van der Waals surface area contributed by atoms with Crippen molar-refractivity contribution in [3.05, 3.63) is 59.9 Å². The van der Waals surface area contributed by atoms with E-state index in [4.69, 9.17) is 4.42 Å². The summed E-state index contributed by atoms with van der Waals surface area (Å²) >= 11 is 0. The number of rotatable bonds is 2. The van der Waals surface area contributed by atoms with Crippen LogP contribution in [0, 0.1) is 6.92 Å². The van der Waals surface area contributed by atoms with Crippen LogP contribution >= 0.6 is 0 Å². The van der Waals surface area contributed by atoms with Gasteiger partial charge in [0.05, 0.1) is 5.69 Å². The zero-order valence-electron chi connectivity index (χ0n) is 14.1. The van der Waals surface area contributed by atoms with Gasteiger partial charge in [-0.1, -0.05) is 30.3 Å². The molecule has 5 heteroatoms. The van der Waals surface area contributed by atoms with Crippen LogP contribution in [0.25, 0.3) is 11.0 Å². The van der Waals surface area contributed by atoms with E-state index in [9.17, 15) is 9.90 Å². The lowest BCUT2D eigenvalue weighted by Crippen LogP contribution is -2.48. The van der Waals surface area contributed by atoms with E-state index in [0.717, 1.165) is 22.2 Å². The Morgan fingerprint density at radius 1 is 1.00 bits per heavy atom. The molecular formula is C20H20N2O3. The van der Waals surface area contributed by atoms with Gasteiger partial charge in [0.25, 0.3) is 5.91 Å². The van der Waals surface area contributed by atoms with Gasteiger partial charge >= 0.3 is 0 Å². The number of aromatic hydroxyl groups is 1. The van der Waals surface area contributed by atoms with Gasteiger partial charge in [0.2, 0.25) is 0 Å². The lowest BCUT2D eigenvalue weighted by molar-refractivity contribution is 0.0716. The zero-order valence-corrected chi connectivity index (χ0v) is 14.1. The minimum absolute atomic E-state index is 0.0642.